The molecule has 3 aromatic rings. The van der Waals surface area contributed by atoms with Crippen LogP contribution >= 0.6 is 23.1 Å². The van der Waals surface area contributed by atoms with Crippen LogP contribution in [0.2, 0.25) is 0 Å². The number of ether oxygens (including phenoxy) is 1. The van der Waals surface area contributed by atoms with E-state index in [1.54, 1.807) is 24.8 Å². The summed E-state index contributed by atoms with van der Waals surface area (Å²) >= 11 is 2.81. The Kier molecular flexibility index (Phi) is 5.82. The number of fused-ring (bicyclic) bond motifs is 1. The van der Waals surface area contributed by atoms with Crippen LogP contribution in [0, 0.1) is 13.8 Å². The zero-order valence-electron chi connectivity index (χ0n) is 15.6. The van der Waals surface area contributed by atoms with E-state index in [9.17, 15) is 9.59 Å². The van der Waals surface area contributed by atoms with E-state index in [0.29, 0.717) is 21.0 Å². The number of nitrogens with one attached hydrogen (secondary N) is 1. The van der Waals surface area contributed by atoms with E-state index in [1.807, 2.05) is 44.4 Å². The number of thioether (sulfide) groups is 1. The number of hydrogen-bond donors (Lipinski definition) is 1. The molecule has 0 spiro atoms. The molecule has 7 heteroatoms. The van der Waals surface area contributed by atoms with Crippen molar-refractivity contribution >= 4 is 50.9 Å². The number of anilines is 1. The van der Waals surface area contributed by atoms with Gasteiger partial charge in [0.15, 0.2) is 0 Å². The first-order valence-electron chi connectivity index (χ1n) is 8.47. The number of amides is 1. The Labute approximate surface area is 166 Å². The van der Waals surface area contributed by atoms with E-state index >= 15 is 0 Å². The highest BCUT2D eigenvalue weighted by Crippen LogP contribution is 2.38. The van der Waals surface area contributed by atoms with Crippen molar-refractivity contribution in [3.8, 4) is 0 Å². The van der Waals surface area contributed by atoms with E-state index < -0.39 is 5.97 Å². The summed E-state index contributed by atoms with van der Waals surface area (Å²) in [6.07, 6.45) is 1.96. The second-order valence-electron chi connectivity index (χ2n) is 5.97. The van der Waals surface area contributed by atoms with Crippen molar-refractivity contribution in [1.29, 1.82) is 0 Å². The number of esters is 1. The van der Waals surface area contributed by atoms with Gasteiger partial charge in [0.25, 0.3) is 5.91 Å². The predicted molar refractivity (Wildman–Crippen MR) is 111 cm³/mol. The van der Waals surface area contributed by atoms with Crippen LogP contribution in [0.4, 0.5) is 5.69 Å². The molecule has 1 aromatic carbocycles. The summed E-state index contributed by atoms with van der Waals surface area (Å²) in [6, 6.07) is 9.31. The highest BCUT2D eigenvalue weighted by molar-refractivity contribution is 7.98. The summed E-state index contributed by atoms with van der Waals surface area (Å²) in [5.41, 5.74) is 2.83. The summed E-state index contributed by atoms with van der Waals surface area (Å²) in [5.74, 6) is -0.721. The van der Waals surface area contributed by atoms with Crippen molar-refractivity contribution in [2.45, 2.75) is 25.7 Å². The number of aryl methyl sites for hydroxylation is 2. The maximum absolute atomic E-state index is 12.8. The van der Waals surface area contributed by atoms with Crippen molar-refractivity contribution in [3.05, 3.63) is 52.0 Å². The Balaban J connectivity index is 2.09. The van der Waals surface area contributed by atoms with Crippen molar-refractivity contribution in [2.75, 3.05) is 18.2 Å². The summed E-state index contributed by atoms with van der Waals surface area (Å²) in [7, 11) is 0. The first-order chi connectivity index (χ1) is 12.9. The van der Waals surface area contributed by atoms with Crippen molar-refractivity contribution in [3.63, 3.8) is 0 Å². The van der Waals surface area contributed by atoms with Gasteiger partial charge in [-0.1, -0.05) is 6.07 Å². The monoisotopic (exact) mass is 400 g/mol. The Morgan fingerprint density at radius 3 is 2.74 bits per heavy atom. The minimum absolute atomic E-state index is 0.266. The Hall–Kier alpha value is -2.38. The topological polar surface area (TPSA) is 68.3 Å². The van der Waals surface area contributed by atoms with E-state index in [0.717, 1.165) is 21.5 Å². The number of rotatable bonds is 5. The maximum Gasteiger partial charge on any atom is 0.350 e. The molecular weight excluding hydrogens is 380 g/mol. The molecule has 0 fully saturated rings. The number of carbonyl (C=O) groups excluding carboxylic acids is 2. The van der Waals surface area contributed by atoms with E-state index in [-0.39, 0.29) is 12.5 Å². The number of aromatic nitrogens is 1. The molecule has 0 atom stereocenters. The molecule has 0 aliphatic rings. The van der Waals surface area contributed by atoms with Gasteiger partial charge in [0, 0.05) is 21.5 Å². The molecule has 140 valence electrons. The standard InChI is InChI=1S/C20H20N2O3S2/c1-5-25-20(24)17-16(15-11(2)9-12(3)21-19(15)27-17)22-18(23)13-7-6-8-14(10-13)26-4/h6-10H,5H2,1-4H3,(H,22,23). The average Bonchev–Trinajstić information content (AvgIpc) is 3.00. The van der Waals surface area contributed by atoms with Crippen molar-refractivity contribution in [2.24, 2.45) is 0 Å². The molecule has 0 radical (unpaired) electrons. The molecule has 0 saturated carbocycles. The molecule has 1 amide bonds. The van der Waals surface area contributed by atoms with Gasteiger partial charge >= 0.3 is 5.97 Å². The number of pyridine rings is 1. The number of benzene rings is 1. The highest BCUT2D eigenvalue weighted by atomic mass is 32.2. The summed E-state index contributed by atoms with van der Waals surface area (Å²) in [4.78, 5) is 31.9. The van der Waals surface area contributed by atoms with Crippen LogP contribution in [0.1, 0.15) is 38.2 Å². The molecule has 1 N–H and O–H groups in total. The van der Waals surface area contributed by atoms with Gasteiger partial charge in [0.05, 0.1) is 12.3 Å². The van der Waals surface area contributed by atoms with Crippen LogP contribution < -0.4 is 5.32 Å². The van der Waals surface area contributed by atoms with Crippen LogP contribution in [0.15, 0.2) is 35.2 Å². The fraction of sp³-hybridized carbons (Fsp3) is 0.250. The smallest absolute Gasteiger partial charge is 0.350 e. The van der Waals surface area contributed by atoms with Crippen LogP contribution in [-0.4, -0.2) is 29.7 Å². The Morgan fingerprint density at radius 2 is 2.04 bits per heavy atom. The lowest BCUT2D eigenvalue weighted by Gasteiger charge is -2.09. The van der Waals surface area contributed by atoms with Crippen molar-refractivity contribution < 1.29 is 14.3 Å². The molecule has 2 aromatic heterocycles. The van der Waals surface area contributed by atoms with Gasteiger partial charge in [-0.25, -0.2) is 9.78 Å². The molecule has 0 aliphatic carbocycles. The predicted octanol–water partition coefficient (Wildman–Crippen LogP) is 5.06. The molecule has 5 nitrogen and oxygen atoms in total. The van der Waals surface area contributed by atoms with E-state index in [1.165, 1.54) is 11.3 Å². The maximum atomic E-state index is 12.8. The molecular formula is C20H20N2O3S2. The summed E-state index contributed by atoms with van der Waals surface area (Å²) in [5, 5.41) is 3.70. The lowest BCUT2D eigenvalue weighted by molar-refractivity contribution is 0.0533. The molecule has 3 rings (SSSR count). The van der Waals surface area contributed by atoms with Gasteiger partial charge < -0.3 is 10.1 Å². The quantitative estimate of drug-likeness (QED) is 0.479. The van der Waals surface area contributed by atoms with Gasteiger partial charge in [0.1, 0.15) is 9.71 Å². The molecule has 0 bridgehead atoms. The minimum Gasteiger partial charge on any atom is -0.462 e. The molecule has 2 heterocycles. The summed E-state index contributed by atoms with van der Waals surface area (Å²) < 4.78 is 5.18. The fourth-order valence-electron chi connectivity index (χ4n) is 2.85. The Morgan fingerprint density at radius 1 is 1.26 bits per heavy atom. The van der Waals surface area contributed by atoms with Crippen LogP contribution in [0.25, 0.3) is 10.2 Å². The third kappa shape index (κ3) is 3.99. The second kappa shape index (κ2) is 8.10. The highest BCUT2D eigenvalue weighted by Gasteiger charge is 2.24. The molecule has 0 unspecified atom stereocenters. The van der Waals surface area contributed by atoms with Gasteiger partial charge in [-0.15, -0.1) is 23.1 Å². The zero-order valence-corrected chi connectivity index (χ0v) is 17.2. The first-order valence-corrected chi connectivity index (χ1v) is 10.5. The molecule has 27 heavy (non-hydrogen) atoms. The number of carbonyl (C=O) groups is 2. The number of hydrogen-bond acceptors (Lipinski definition) is 6. The first kappa shape index (κ1) is 19.4. The van der Waals surface area contributed by atoms with Gasteiger partial charge in [0.2, 0.25) is 0 Å². The lowest BCUT2D eigenvalue weighted by atomic mass is 10.1. The molecule has 0 aliphatic heterocycles. The minimum atomic E-state index is -0.453. The zero-order chi connectivity index (χ0) is 19.6. The second-order valence-corrected chi connectivity index (χ2v) is 7.85. The van der Waals surface area contributed by atoms with E-state index in [2.05, 4.69) is 10.3 Å². The Bertz CT molecular complexity index is 1030. The SMILES string of the molecule is CCOC(=O)c1sc2nc(C)cc(C)c2c1NC(=O)c1cccc(SC)c1. The molecule has 0 saturated heterocycles. The number of thiophene rings is 1. The summed E-state index contributed by atoms with van der Waals surface area (Å²) in [6.45, 7) is 5.87. The van der Waals surface area contributed by atoms with Crippen LogP contribution in [0.5, 0.6) is 0 Å². The van der Waals surface area contributed by atoms with Gasteiger partial charge in [-0.05, 0) is 56.9 Å². The van der Waals surface area contributed by atoms with E-state index in [4.69, 9.17) is 4.74 Å². The third-order valence-corrected chi connectivity index (χ3v) is 5.81. The lowest BCUT2D eigenvalue weighted by Crippen LogP contribution is -2.15. The fourth-order valence-corrected chi connectivity index (χ4v) is 4.46. The third-order valence-electron chi connectivity index (χ3n) is 4.02. The van der Waals surface area contributed by atoms with Gasteiger partial charge in [-0.2, -0.15) is 0 Å². The van der Waals surface area contributed by atoms with Crippen LogP contribution in [-0.2, 0) is 4.74 Å². The average molecular weight is 401 g/mol. The largest absolute Gasteiger partial charge is 0.462 e. The van der Waals surface area contributed by atoms with Crippen molar-refractivity contribution in [1.82, 2.24) is 4.98 Å². The number of nitrogens with zero attached hydrogens (tertiary/aromatic N) is 1. The van der Waals surface area contributed by atoms with Gasteiger partial charge in [-0.3, -0.25) is 4.79 Å². The normalized spacial score (nSPS) is 10.8. The van der Waals surface area contributed by atoms with Crippen LogP contribution in [0.3, 0.4) is 0 Å².